The Balaban J connectivity index is 2.03. The van der Waals surface area contributed by atoms with Gasteiger partial charge in [0, 0.05) is 10.7 Å². The van der Waals surface area contributed by atoms with Gasteiger partial charge in [0.1, 0.15) is 5.38 Å². The molecule has 0 aliphatic rings. The summed E-state index contributed by atoms with van der Waals surface area (Å²) in [7, 11) is 0. The predicted molar refractivity (Wildman–Crippen MR) is 84.8 cm³/mol. The van der Waals surface area contributed by atoms with E-state index in [0.717, 1.165) is 5.56 Å². The second-order valence-corrected chi connectivity index (χ2v) is 5.59. The van der Waals surface area contributed by atoms with E-state index in [0.29, 0.717) is 10.7 Å². The van der Waals surface area contributed by atoms with Crippen LogP contribution >= 0.6 is 34.8 Å². The predicted octanol–water partition coefficient (Wildman–Crippen LogP) is 4.87. The number of hydrogen-bond acceptors (Lipinski definition) is 1. The molecule has 0 fully saturated rings. The number of hydrogen-bond donors (Lipinski definition) is 1. The van der Waals surface area contributed by atoms with Crippen LogP contribution in [0.25, 0.3) is 0 Å². The molecule has 0 spiro atoms. The number of carbonyl (C=O) groups is 1. The van der Waals surface area contributed by atoms with Crippen molar-refractivity contribution in [3.8, 4) is 0 Å². The van der Waals surface area contributed by atoms with Gasteiger partial charge in [0.2, 0.25) is 5.91 Å². The van der Waals surface area contributed by atoms with Crippen LogP contribution in [0.2, 0.25) is 5.02 Å². The van der Waals surface area contributed by atoms with E-state index < -0.39 is 10.8 Å². The van der Waals surface area contributed by atoms with E-state index in [-0.39, 0.29) is 5.91 Å². The molecule has 5 heteroatoms. The highest BCUT2D eigenvalue weighted by atomic mass is 35.5. The largest absolute Gasteiger partial charge is 0.325 e. The highest BCUT2D eigenvalue weighted by Gasteiger charge is 2.25. The third-order valence-electron chi connectivity index (χ3n) is 2.74. The first kappa shape index (κ1) is 15.2. The van der Waals surface area contributed by atoms with Crippen LogP contribution in [-0.2, 0) is 4.79 Å². The fourth-order valence-electron chi connectivity index (χ4n) is 1.68. The van der Waals surface area contributed by atoms with Gasteiger partial charge < -0.3 is 5.32 Å². The number of benzene rings is 2. The van der Waals surface area contributed by atoms with Gasteiger partial charge in [-0.2, -0.15) is 0 Å². The third-order valence-corrected chi connectivity index (χ3v) is 4.07. The number of rotatable bonds is 4. The average Bonchev–Trinajstić information content (AvgIpc) is 2.49. The van der Waals surface area contributed by atoms with Crippen molar-refractivity contribution in [1.29, 1.82) is 0 Å². The summed E-state index contributed by atoms with van der Waals surface area (Å²) in [5.41, 5.74) is 1.43. The summed E-state index contributed by atoms with van der Waals surface area (Å²) in [6.07, 6.45) is 0. The molecule has 2 aromatic carbocycles. The lowest BCUT2D eigenvalue weighted by molar-refractivity contribution is -0.115. The SMILES string of the molecule is O=C(Nc1ccc(Cl)cc1)[C@H](Cl)[C@H](Cl)c1ccccc1. The molecule has 0 saturated heterocycles. The van der Waals surface area contributed by atoms with Crippen molar-refractivity contribution in [2.45, 2.75) is 10.8 Å². The van der Waals surface area contributed by atoms with E-state index >= 15 is 0 Å². The first-order chi connectivity index (χ1) is 9.58. The summed E-state index contributed by atoms with van der Waals surface area (Å²) in [6, 6.07) is 16.0. The maximum atomic E-state index is 12.1. The van der Waals surface area contributed by atoms with Gasteiger partial charge in [0.15, 0.2) is 0 Å². The van der Waals surface area contributed by atoms with Crippen LogP contribution in [0.15, 0.2) is 54.6 Å². The van der Waals surface area contributed by atoms with Crippen LogP contribution in [0.4, 0.5) is 5.69 Å². The topological polar surface area (TPSA) is 29.1 Å². The Bertz CT molecular complexity index is 571. The number of anilines is 1. The quantitative estimate of drug-likeness (QED) is 0.797. The molecule has 2 rings (SSSR count). The molecule has 0 heterocycles. The molecule has 0 aliphatic heterocycles. The molecule has 2 nitrogen and oxygen atoms in total. The Kier molecular flexibility index (Phi) is 5.30. The fourth-order valence-corrected chi connectivity index (χ4v) is 2.27. The van der Waals surface area contributed by atoms with E-state index in [2.05, 4.69) is 5.32 Å². The molecule has 104 valence electrons. The van der Waals surface area contributed by atoms with Crippen molar-refractivity contribution in [2.75, 3.05) is 5.32 Å². The summed E-state index contributed by atoms with van der Waals surface area (Å²) >= 11 is 18.1. The Morgan fingerprint density at radius 1 is 0.950 bits per heavy atom. The van der Waals surface area contributed by atoms with Crippen molar-refractivity contribution in [3.05, 3.63) is 65.2 Å². The number of alkyl halides is 2. The van der Waals surface area contributed by atoms with E-state index in [9.17, 15) is 4.79 Å². The zero-order valence-corrected chi connectivity index (χ0v) is 12.7. The Morgan fingerprint density at radius 3 is 2.15 bits per heavy atom. The Morgan fingerprint density at radius 2 is 1.55 bits per heavy atom. The molecule has 2 aromatic rings. The summed E-state index contributed by atoms with van der Waals surface area (Å²) < 4.78 is 0. The van der Waals surface area contributed by atoms with Crippen molar-refractivity contribution >= 4 is 46.4 Å². The van der Waals surface area contributed by atoms with Gasteiger partial charge in [-0.1, -0.05) is 41.9 Å². The minimum atomic E-state index is -0.866. The first-order valence-corrected chi connectivity index (χ1v) is 7.22. The maximum Gasteiger partial charge on any atom is 0.244 e. The molecule has 20 heavy (non-hydrogen) atoms. The molecule has 0 radical (unpaired) electrons. The molecular formula is C15H12Cl3NO. The van der Waals surface area contributed by atoms with E-state index in [1.54, 1.807) is 24.3 Å². The van der Waals surface area contributed by atoms with Crippen LogP contribution in [0.5, 0.6) is 0 Å². The monoisotopic (exact) mass is 327 g/mol. The molecule has 1 amide bonds. The van der Waals surface area contributed by atoms with Crippen molar-refractivity contribution in [2.24, 2.45) is 0 Å². The lowest BCUT2D eigenvalue weighted by Crippen LogP contribution is -2.26. The van der Waals surface area contributed by atoms with Crippen molar-refractivity contribution < 1.29 is 4.79 Å². The number of nitrogens with one attached hydrogen (secondary N) is 1. The summed E-state index contributed by atoms with van der Waals surface area (Å²) in [4.78, 5) is 12.1. The second-order valence-electron chi connectivity index (χ2n) is 4.21. The number of amides is 1. The van der Waals surface area contributed by atoms with Crippen molar-refractivity contribution in [3.63, 3.8) is 0 Å². The fraction of sp³-hybridized carbons (Fsp3) is 0.133. The molecular weight excluding hydrogens is 317 g/mol. The number of halogens is 3. The second kappa shape index (κ2) is 6.98. The molecule has 0 aromatic heterocycles. The molecule has 1 N–H and O–H groups in total. The molecule has 2 atom stereocenters. The van der Waals surface area contributed by atoms with Gasteiger partial charge in [-0.3, -0.25) is 4.79 Å². The minimum absolute atomic E-state index is 0.349. The standard InChI is InChI=1S/C15H12Cl3NO/c16-11-6-8-12(9-7-11)19-15(20)14(18)13(17)10-4-2-1-3-5-10/h1-9,13-14H,(H,19,20)/t13-,14-/m1/s1. The Labute approximate surface area is 132 Å². The van der Waals surface area contributed by atoms with Gasteiger partial charge in [-0.05, 0) is 29.8 Å². The van der Waals surface area contributed by atoms with Crippen LogP contribution in [-0.4, -0.2) is 11.3 Å². The highest BCUT2D eigenvalue weighted by molar-refractivity contribution is 6.38. The van der Waals surface area contributed by atoms with Crippen molar-refractivity contribution in [1.82, 2.24) is 0 Å². The summed E-state index contributed by atoms with van der Waals surface area (Å²) in [5.74, 6) is -0.349. The molecule has 0 bridgehead atoms. The summed E-state index contributed by atoms with van der Waals surface area (Å²) in [5, 5.41) is 1.85. The Hall–Kier alpha value is -1.22. The number of carbonyl (C=O) groups excluding carboxylic acids is 1. The van der Waals surface area contributed by atoms with Gasteiger partial charge >= 0.3 is 0 Å². The van der Waals surface area contributed by atoms with Crippen LogP contribution < -0.4 is 5.32 Å². The maximum absolute atomic E-state index is 12.1. The van der Waals surface area contributed by atoms with Gasteiger partial charge in [-0.25, -0.2) is 0 Å². The van der Waals surface area contributed by atoms with Crippen LogP contribution in [0, 0.1) is 0 Å². The van der Waals surface area contributed by atoms with Gasteiger partial charge in [-0.15, -0.1) is 23.2 Å². The van der Waals surface area contributed by atoms with Gasteiger partial charge in [0.05, 0.1) is 5.38 Å². The smallest absolute Gasteiger partial charge is 0.244 e. The molecule has 0 saturated carbocycles. The lowest BCUT2D eigenvalue weighted by atomic mass is 10.1. The van der Waals surface area contributed by atoms with Crippen LogP contribution in [0.1, 0.15) is 10.9 Å². The average molecular weight is 329 g/mol. The lowest BCUT2D eigenvalue weighted by Gasteiger charge is -2.16. The third kappa shape index (κ3) is 3.89. The van der Waals surface area contributed by atoms with E-state index in [4.69, 9.17) is 34.8 Å². The molecule has 0 unspecified atom stereocenters. The van der Waals surface area contributed by atoms with Crippen LogP contribution in [0.3, 0.4) is 0 Å². The van der Waals surface area contributed by atoms with E-state index in [1.165, 1.54) is 0 Å². The normalized spacial score (nSPS) is 13.6. The zero-order chi connectivity index (χ0) is 14.5. The first-order valence-electron chi connectivity index (χ1n) is 5.97. The summed E-state index contributed by atoms with van der Waals surface area (Å²) in [6.45, 7) is 0. The minimum Gasteiger partial charge on any atom is -0.325 e. The zero-order valence-electron chi connectivity index (χ0n) is 10.4. The van der Waals surface area contributed by atoms with E-state index in [1.807, 2.05) is 30.3 Å². The van der Waals surface area contributed by atoms with Gasteiger partial charge in [0.25, 0.3) is 0 Å². The highest BCUT2D eigenvalue weighted by Crippen LogP contribution is 2.28. The molecule has 0 aliphatic carbocycles.